The van der Waals surface area contributed by atoms with Gasteiger partial charge in [0.05, 0.1) is 11.3 Å². The van der Waals surface area contributed by atoms with Crippen molar-refractivity contribution in [3.8, 4) is 0 Å². The van der Waals surface area contributed by atoms with Gasteiger partial charge in [-0.25, -0.2) is 0 Å². The summed E-state index contributed by atoms with van der Waals surface area (Å²) in [6.45, 7) is 0.745. The van der Waals surface area contributed by atoms with Crippen molar-refractivity contribution in [3.63, 3.8) is 0 Å². The molecule has 0 spiro atoms. The Hall–Kier alpha value is -1.33. The number of aromatic nitrogens is 1. The maximum absolute atomic E-state index is 12.7. The summed E-state index contributed by atoms with van der Waals surface area (Å²) in [7, 11) is 0. The van der Waals surface area contributed by atoms with Crippen LogP contribution >= 0.6 is 27.7 Å². The van der Waals surface area contributed by atoms with Gasteiger partial charge in [0.1, 0.15) is 0 Å². The Kier molecular flexibility index (Phi) is 4.08. The number of anilines is 1. The molecular weight excluding hydrogens is 336 g/mol. The Balaban J connectivity index is 1.99. The van der Waals surface area contributed by atoms with E-state index >= 15 is 0 Å². The molecule has 0 saturated carbocycles. The summed E-state index contributed by atoms with van der Waals surface area (Å²) in [5, 5.41) is 0. The lowest BCUT2D eigenvalue weighted by atomic mass is 10.2. The molecule has 1 aliphatic rings. The molecule has 0 saturated heterocycles. The number of hydrogen-bond donors (Lipinski definition) is 0. The summed E-state index contributed by atoms with van der Waals surface area (Å²) in [5.41, 5.74) is 1.61. The van der Waals surface area contributed by atoms with Gasteiger partial charge in [-0.05, 0) is 46.3 Å². The van der Waals surface area contributed by atoms with E-state index in [4.69, 9.17) is 0 Å². The summed E-state index contributed by atoms with van der Waals surface area (Å²) < 4.78 is 0.820. The molecule has 3 rings (SSSR count). The largest absolute Gasteiger partial charge is 0.307 e. The molecule has 20 heavy (non-hydrogen) atoms. The molecule has 0 aliphatic carbocycles. The van der Waals surface area contributed by atoms with E-state index in [1.54, 1.807) is 12.4 Å². The lowest BCUT2D eigenvalue weighted by molar-refractivity contribution is 0.0986. The van der Waals surface area contributed by atoms with E-state index in [0.29, 0.717) is 5.56 Å². The number of benzene rings is 1. The van der Waals surface area contributed by atoms with Crippen LogP contribution in [0.15, 0.2) is 52.1 Å². The summed E-state index contributed by atoms with van der Waals surface area (Å²) in [6, 6.07) is 9.89. The number of para-hydroxylation sites is 1. The zero-order valence-electron chi connectivity index (χ0n) is 10.8. The maximum Gasteiger partial charge on any atom is 0.259 e. The smallest absolute Gasteiger partial charge is 0.259 e. The predicted octanol–water partition coefficient (Wildman–Crippen LogP) is 3.99. The maximum atomic E-state index is 12.7. The third-order valence-electron chi connectivity index (χ3n) is 3.14. The number of pyridine rings is 1. The van der Waals surface area contributed by atoms with Gasteiger partial charge in [-0.1, -0.05) is 12.1 Å². The topological polar surface area (TPSA) is 33.2 Å². The first-order chi connectivity index (χ1) is 9.75. The number of carbonyl (C=O) groups is 1. The average Bonchev–Trinajstić information content (AvgIpc) is 2.69. The number of amides is 1. The third-order valence-corrected chi connectivity index (χ3v) is 4.72. The van der Waals surface area contributed by atoms with Crippen molar-refractivity contribution in [2.24, 2.45) is 0 Å². The first kappa shape index (κ1) is 13.6. The quantitative estimate of drug-likeness (QED) is 0.781. The molecule has 0 fully saturated rings. The standard InChI is InChI=1S/C15H13BrN2OS/c16-12-8-11(9-17-10-12)15(19)18-6-3-7-20-14-5-2-1-4-13(14)18/h1-2,4-5,8-10H,3,6-7H2. The molecule has 1 aromatic heterocycles. The molecule has 0 N–H and O–H groups in total. The van der Waals surface area contributed by atoms with E-state index in [2.05, 4.69) is 27.0 Å². The molecular formula is C15H13BrN2OS. The van der Waals surface area contributed by atoms with Crippen LogP contribution in [0.2, 0.25) is 0 Å². The van der Waals surface area contributed by atoms with Crippen LogP contribution in [0.4, 0.5) is 5.69 Å². The molecule has 0 bridgehead atoms. The van der Waals surface area contributed by atoms with E-state index in [1.165, 1.54) is 4.90 Å². The molecule has 2 heterocycles. The van der Waals surface area contributed by atoms with Crippen molar-refractivity contribution in [2.45, 2.75) is 11.3 Å². The number of carbonyl (C=O) groups excluding carboxylic acids is 1. The van der Waals surface area contributed by atoms with Crippen LogP contribution in [-0.2, 0) is 0 Å². The predicted molar refractivity (Wildman–Crippen MR) is 85.4 cm³/mol. The van der Waals surface area contributed by atoms with E-state index in [0.717, 1.165) is 28.9 Å². The highest BCUT2D eigenvalue weighted by atomic mass is 79.9. The number of hydrogen-bond acceptors (Lipinski definition) is 3. The number of thioether (sulfide) groups is 1. The van der Waals surface area contributed by atoms with E-state index < -0.39 is 0 Å². The van der Waals surface area contributed by atoms with Gasteiger partial charge in [0.25, 0.3) is 5.91 Å². The molecule has 1 aliphatic heterocycles. The second kappa shape index (κ2) is 5.97. The molecule has 5 heteroatoms. The average molecular weight is 349 g/mol. The zero-order valence-corrected chi connectivity index (χ0v) is 13.2. The molecule has 1 aromatic carbocycles. The Morgan fingerprint density at radius 3 is 3.00 bits per heavy atom. The van der Waals surface area contributed by atoms with Gasteiger partial charge in [-0.3, -0.25) is 9.78 Å². The minimum atomic E-state index is 0.00810. The third kappa shape index (κ3) is 2.74. The highest BCUT2D eigenvalue weighted by Crippen LogP contribution is 2.34. The Morgan fingerprint density at radius 1 is 1.30 bits per heavy atom. The van der Waals surface area contributed by atoms with Gasteiger partial charge in [-0.2, -0.15) is 0 Å². The summed E-state index contributed by atoms with van der Waals surface area (Å²) >= 11 is 5.17. The fourth-order valence-electron chi connectivity index (χ4n) is 2.22. The van der Waals surface area contributed by atoms with Crippen molar-refractivity contribution in [3.05, 3.63) is 52.8 Å². The molecule has 1 amide bonds. The van der Waals surface area contributed by atoms with Gasteiger partial charge in [0.15, 0.2) is 0 Å². The molecule has 0 unspecified atom stereocenters. The summed E-state index contributed by atoms with van der Waals surface area (Å²) in [5.74, 6) is 1.05. The summed E-state index contributed by atoms with van der Waals surface area (Å²) in [4.78, 5) is 19.8. The number of halogens is 1. The first-order valence-electron chi connectivity index (χ1n) is 6.40. The highest BCUT2D eigenvalue weighted by molar-refractivity contribution is 9.10. The minimum absolute atomic E-state index is 0.00810. The lowest BCUT2D eigenvalue weighted by Gasteiger charge is -2.22. The molecule has 102 valence electrons. The molecule has 0 radical (unpaired) electrons. The molecule has 3 nitrogen and oxygen atoms in total. The Bertz CT molecular complexity index is 647. The number of fused-ring (bicyclic) bond motifs is 1. The van der Waals surface area contributed by atoms with Crippen molar-refractivity contribution in [2.75, 3.05) is 17.2 Å². The van der Waals surface area contributed by atoms with Crippen molar-refractivity contribution in [1.29, 1.82) is 0 Å². The van der Waals surface area contributed by atoms with Gasteiger partial charge in [0.2, 0.25) is 0 Å². The van der Waals surface area contributed by atoms with Crippen molar-refractivity contribution < 1.29 is 4.79 Å². The van der Waals surface area contributed by atoms with Crippen molar-refractivity contribution >= 4 is 39.3 Å². The Morgan fingerprint density at radius 2 is 2.15 bits per heavy atom. The minimum Gasteiger partial charge on any atom is -0.307 e. The van der Waals surface area contributed by atoms with Crippen LogP contribution in [0.1, 0.15) is 16.8 Å². The van der Waals surface area contributed by atoms with Gasteiger partial charge < -0.3 is 4.90 Å². The van der Waals surface area contributed by atoms with E-state index in [-0.39, 0.29) is 5.91 Å². The number of rotatable bonds is 1. The first-order valence-corrected chi connectivity index (χ1v) is 8.18. The number of nitrogens with zero attached hydrogens (tertiary/aromatic N) is 2. The van der Waals surface area contributed by atoms with Crippen molar-refractivity contribution in [1.82, 2.24) is 4.98 Å². The van der Waals surface area contributed by atoms with Crippen LogP contribution in [0.25, 0.3) is 0 Å². The van der Waals surface area contributed by atoms with E-state index in [9.17, 15) is 4.79 Å². The highest BCUT2D eigenvalue weighted by Gasteiger charge is 2.22. The zero-order chi connectivity index (χ0) is 13.9. The second-order valence-corrected chi connectivity index (χ2v) is 6.57. The fourth-order valence-corrected chi connectivity index (χ4v) is 3.58. The fraction of sp³-hybridized carbons (Fsp3) is 0.200. The summed E-state index contributed by atoms with van der Waals surface area (Å²) in [6.07, 6.45) is 4.29. The monoisotopic (exact) mass is 348 g/mol. The van der Waals surface area contributed by atoms with Gasteiger partial charge in [-0.15, -0.1) is 11.8 Å². The van der Waals surface area contributed by atoms with Crippen LogP contribution in [0.5, 0.6) is 0 Å². The van der Waals surface area contributed by atoms with Gasteiger partial charge in [0, 0.05) is 28.3 Å². The Labute approximate surface area is 130 Å². The van der Waals surface area contributed by atoms with Crippen LogP contribution in [0.3, 0.4) is 0 Å². The van der Waals surface area contributed by atoms with Crippen LogP contribution in [-0.4, -0.2) is 23.2 Å². The normalized spacial score (nSPS) is 14.6. The van der Waals surface area contributed by atoms with E-state index in [1.807, 2.05) is 40.9 Å². The van der Waals surface area contributed by atoms with Crippen LogP contribution in [0, 0.1) is 0 Å². The second-order valence-electron chi connectivity index (χ2n) is 4.52. The SMILES string of the molecule is O=C(c1cncc(Br)c1)N1CCCSc2ccccc21. The lowest BCUT2D eigenvalue weighted by Crippen LogP contribution is -2.31. The van der Waals surface area contributed by atoms with Crippen LogP contribution < -0.4 is 4.90 Å². The van der Waals surface area contributed by atoms with Gasteiger partial charge >= 0.3 is 0 Å². The molecule has 2 aromatic rings. The molecule has 0 atom stereocenters.